The van der Waals surface area contributed by atoms with Gasteiger partial charge in [-0.15, -0.1) is 0 Å². The number of hydrogen-bond acceptors (Lipinski definition) is 6. The van der Waals surface area contributed by atoms with Gasteiger partial charge >= 0.3 is 11.6 Å². The summed E-state index contributed by atoms with van der Waals surface area (Å²) in [5.74, 6) is 0.659. The molecule has 6 heteroatoms. The summed E-state index contributed by atoms with van der Waals surface area (Å²) >= 11 is 0. The number of benzene rings is 3. The van der Waals surface area contributed by atoms with Crippen LogP contribution in [-0.4, -0.2) is 25.0 Å². The second-order valence-electron chi connectivity index (χ2n) is 9.37. The molecule has 5 aromatic rings. The van der Waals surface area contributed by atoms with E-state index < -0.39 is 5.63 Å². The van der Waals surface area contributed by atoms with E-state index in [1.54, 1.807) is 0 Å². The molecule has 2 aromatic heterocycles. The number of pyridine rings is 1. The molecule has 1 aliphatic heterocycles. The molecule has 0 aliphatic carbocycles. The number of ether oxygens (including phenoxy) is 1. The quantitative estimate of drug-likeness (QED) is 0.186. The average molecular weight is 477 g/mol. The van der Waals surface area contributed by atoms with Crippen molar-refractivity contribution >= 4 is 33.7 Å². The molecule has 0 unspecified atom stereocenters. The van der Waals surface area contributed by atoms with Gasteiger partial charge < -0.3 is 14.1 Å². The van der Waals surface area contributed by atoms with Gasteiger partial charge in [-0.1, -0.05) is 48.5 Å². The van der Waals surface area contributed by atoms with Crippen LogP contribution in [0.3, 0.4) is 0 Å². The number of para-hydroxylation sites is 1. The Hall–Kier alpha value is -4.45. The van der Waals surface area contributed by atoms with Gasteiger partial charge in [0.1, 0.15) is 17.2 Å². The van der Waals surface area contributed by atoms with Gasteiger partial charge in [0.2, 0.25) is 0 Å². The van der Waals surface area contributed by atoms with Crippen molar-refractivity contribution in [2.45, 2.75) is 19.3 Å². The van der Waals surface area contributed by atoms with Gasteiger partial charge in [-0.25, -0.2) is 9.78 Å². The zero-order valence-electron chi connectivity index (χ0n) is 20.2. The lowest BCUT2D eigenvalue weighted by atomic mass is 9.82. The maximum Gasteiger partial charge on any atom is 0.336 e. The predicted octanol–water partition coefficient (Wildman–Crippen LogP) is 5.82. The van der Waals surface area contributed by atoms with Crippen molar-refractivity contribution in [2.24, 2.45) is 0 Å². The number of aryl methyl sites for hydroxylation is 1. The van der Waals surface area contributed by atoms with Crippen LogP contribution >= 0.6 is 0 Å². The number of anilines is 1. The molecule has 0 bridgehead atoms. The maximum atomic E-state index is 13.1. The summed E-state index contributed by atoms with van der Waals surface area (Å²) in [5, 5.41) is 1.63. The largest absolute Gasteiger partial charge is 0.425 e. The molecule has 0 fully saturated rings. The first kappa shape index (κ1) is 22.0. The topological polar surface area (TPSA) is 72.6 Å². The highest BCUT2D eigenvalue weighted by molar-refractivity contribution is 6.02. The number of fused-ring (bicyclic) bond motifs is 4. The molecule has 6 nitrogen and oxygen atoms in total. The number of esters is 1. The molecule has 0 spiro atoms. The lowest BCUT2D eigenvalue weighted by Crippen LogP contribution is -2.24. The highest BCUT2D eigenvalue weighted by Crippen LogP contribution is 2.48. The minimum absolute atomic E-state index is 0.192. The smallest absolute Gasteiger partial charge is 0.336 e. The first-order valence-corrected chi connectivity index (χ1v) is 11.8. The summed E-state index contributed by atoms with van der Waals surface area (Å²) < 4.78 is 11.5. The van der Waals surface area contributed by atoms with Crippen molar-refractivity contribution in [1.29, 1.82) is 0 Å². The van der Waals surface area contributed by atoms with E-state index in [4.69, 9.17) is 14.1 Å². The monoisotopic (exact) mass is 476 g/mol. The summed E-state index contributed by atoms with van der Waals surface area (Å²) in [5.41, 5.74) is 5.12. The Morgan fingerprint density at radius 1 is 0.944 bits per heavy atom. The molecule has 3 aromatic carbocycles. The highest BCUT2D eigenvalue weighted by Gasteiger charge is 2.35. The molecule has 36 heavy (non-hydrogen) atoms. The molecule has 178 valence electrons. The molecule has 0 saturated carbocycles. The summed E-state index contributed by atoms with van der Waals surface area (Å²) in [7, 11) is 3.91. The molecule has 1 atom stereocenters. The first-order chi connectivity index (χ1) is 17.4. The molecule has 0 N–H and O–H groups in total. The fourth-order valence-electron chi connectivity index (χ4n) is 5.25. The van der Waals surface area contributed by atoms with Crippen LogP contribution in [0.15, 0.2) is 82.0 Å². The maximum absolute atomic E-state index is 13.1. The SMILES string of the molecule is Cc1cc2oc(=O)cc(-c3ccccc3)c2c2c1[C@H](c1cc3ccccc3nc1N(C)C)CC(=O)O2. The summed E-state index contributed by atoms with van der Waals surface area (Å²) in [6, 6.07) is 23.0. The van der Waals surface area contributed by atoms with Crippen LogP contribution in [0, 0.1) is 6.92 Å². The second kappa shape index (κ2) is 8.34. The predicted molar refractivity (Wildman–Crippen MR) is 141 cm³/mol. The van der Waals surface area contributed by atoms with Crippen molar-refractivity contribution in [2.75, 3.05) is 19.0 Å². The first-order valence-electron chi connectivity index (χ1n) is 11.8. The third kappa shape index (κ3) is 3.53. The van der Waals surface area contributed by atoms with Gasteiger partial charge in [0.15, 0.2) is 0 Å². The lowest BCUT2D eigenvalue weighted by Gasteiger charge is -2.30. The van der Waals surface area contributed by atoms with Crippen LogP contribution in [0.1, 0.15) is 29.0 Å². The number of carbonyl (C=O) groups is 1. The van der Waals surface area contributed by atoms with E-state index in [2.05, 4.69) is 6.07 Å². The molecule has 1 aliphatic rings. The number of aromatic nitrogens is 1. The fraction of sp³-hybridized carbons (Fsp3) is 0.167. The van der Waals surface area contributed by atoms with E-state index in [-0.39, 0.29) is 18.3 Å². The Labute approximate surface area is 207 Å². The Balaban J connectivity index is 1.69. The van der Waals surface area contributed by atoms with Crippen molar-refractivity contribution < 1.29 is 13.9 Å². The summed E-state index contributed by atoms with van der Waals surface area (Å²) in [4.78, 5) is 32.4. The van der Waals surface area contributed by atoms with Crippen molar-refractivity contribution in [3.63, 3.8) is 0 Å². The van der Waals surface area contributed by atoms with Gasteiger partial charge in [0.05, 0.1) is 17.3 Å². The van der Waals surface area contributed by atoms with Gasteiger partial charge in [0, 0.05) is 48.2 Å². The van der Waals surface area contributed by atoms with Gasteiger partial charge in [-0.2, -0.15) is 0 Å². The van der Waals surface area contributed by atoms with E-state index in [1.165, 1.54) is 6.07 Å². The van der Waals surface area contributed by atoms with Gasteiger partial charge in [-0.3, -0.25) is 4.79 Å². The summed E-state index contributed by atoms with van der Waals surface area (Å²) in [6.45, 7) is 1.96. The molecule has 3 heterocycles. The third-order valence-electron chi connectivity index (χ3n) is 6.78. The minimum atomic E-state index is -0.451. The van der Waals surface area contributed by atoms with E-state index in [0.29, 0.717) is 22.3 Å². The second-order valence-corrected chi connectivity index (χ2v) is 9.37. The van der Waals surface area contributed by atoms with Crippen molar-refractivity contribution in [3.05, 3.63) is 99.9 Å². The van der Waals surface area contributed by atoms with Crippen LogP contribution in [0.4, 0.5) is 5.82 Å². The number of hydrogen-bond donors (Lipinski definition) is 0. The van der Waals surface area contributed by atoms with Crippen molar-refractivity contribution in [3.8, 4) is 16.9 Å². The Morgan fingerprint density at radius 2 is 1.69 bits per heavy atom. The average Bonchev–Trinajstić information content (AvgIpc) is 2.87. The van der Waals surface area contributed by atoms with Crippen LogP contribution < -0.4 is 15.3 Å². The Kier molecular flexibility index (Phi) is 5.11. The van der Waals surface area contributed by atoms with Crippen LogP contribution in [0.25, 0.3) is 33.0 Å². The van der Waals surface area contributed by atoms with Crippen LogP contribution in [0.2, 0.25) is 0 Å². The molecule has 0 saturated heterocycles. The van der Waals surface area contributed by atoms with E-state index in [0.717, 1.165) is 39.0 Å². The fourth-order valence-corrected chi connectivity index (χ4v) is 5.25. The summed E-state index contributed by atoms with van der Waals surface area (Å²) in [6.07, 6.45) is 0.192. The lowest BCUT2D eigenvalue weighted by molar-refractivity contribution is -0.135. The molecular formula is C30H24N2O4. The Morgan fingerprint density at radius 3 is 2.47 bits per heavy atom. The molecule has 0 radical (unpaired) electrons. The van der Waals surface area contributed by atoms with Crippen LogP contribution in [0.5, 0.6) is 5.75 Å². The number of nitrogens with zero attached hydrogens (tertiary/aromatic N) is 2. The van der Waals surface area contributed by atoms with Crippen molar-refractivity contribution in [1.82, 2.24) is 4.98 Å². The van der Waals surface area contributed by atoms with Gasteiger partial charge in [0.25, 0.3) is 0 Å². The zero-order chi connectivity index (χ0) is 25.0. The zero-order valence-corrected chi connectivity index (χ0v) is 20.2. The van der Waals surface area contributed by atoms with Crippen LogP contribution in [-0.2, 0) is 4.79 Å². The normalized spacial score (nSPS) is 15.1. The Bertz CT molecular complexity index is 1720. The highest BCUT2D eigenvalue weighted by atomic mass is 16.5. The molecular weight excluding hydrogens is 452 g/mol. The minimum Gasteiger partial charge on any atom is -0.425 e. The molecule has 0 amide bonds. The van der Waals surface area contributed by atoms with E-state index in [9.17, 15) is 9.59 Å². The number of carbonyl (C=O) groups excluding carboxylic acids is 1. The number of rotatable bonds is 3. The van der Waals surface area contributed by atoms with E-state index in [1.807, 2.05) is 86.6 Å². The molecule has 6 rings (SSSR count). The van der Waals surface area contributed by atoms with E-state index >= 15 is 0 Å². The third-order valence-corrected chi connectivity index (χ3v) is 6.78. The van der Waals surface area contributed by atoms with Gasteiger partial charge in [-0.05, 0) is 36.2 Å². The standard InChI is InChI=1S/C30H24N2O4/c1-17-13-24-28(20(15-25(33)35-24)18-9-5-4-6-10-18)29-27(17)21(16-26(34)36-29)22-14-19-11-7-8-12-23(19)31-30(22)32(2)3/h4-15,21H,16H2,1-3H3/t21-/m0/s1.